The number of ether oxygens (including phenoxy) is 2. The molecule has 0 unspecified atom stereocenters. The third-order valence-corrected chi connectivity index (χ3v) is 6.57. The molecule has 2 rings (SSSR count). The van der Waals surface area contributed by atoms with Crippen LogP contribution in [0.3, 0.4) is 0 Å². The number of benzene rings is 1. The fraction of sp³-hybridized carbons (Fsp3) is 0.250. The lowest BCUT2D eigenvalue weighted by molar-refractivity contribution is -0.138. The van der Waals surface area contributed by atoms with Gasteiger partial charge in [-0.15, -0.1) is 11.3 Å². The summed E-state index contributed by atoms with van der Waals surface area (Å²) in [6, 6.07) is 7.55. The molecule has 0 saturated carbocycles. The zero-order valence-electron chi connectivity index (χ0n) is 13.9. The Morgan fingerprint density at radius 2 is 1.88 bits per heavy atom. The fourth-order valence-corrected chi connectivity index (χ4v) is 4.69. The highest BCUT2D eigenvalue weighted by Gasteiger charge is 2.30. The van der Waals surface area contributed by atoms with Gasteiger partial charge in [-0.2, -0.15) is 0 Å². The molecule has 0 aliphatic heterocycles. The molecule has 0 radical (unpaired) electrons. The average Bonchev–Trinajstić information content (AvgIpc) is 3.14. The molecule has 0 bridgehead atoms. The van der Waals surface area contributed by atoms with E-state index in [9.17, 15) is 18.0 Å². The number of aryl methyl sites for hydroxylation is 1. The van der Waals surface area contributed by atoms with Crippen LogP contribution in [0.1, 0.15) is 15.9 Å². The SMILES string of the molecule is COC(=O)CN(c1cc(C(=O)OC)ccc1C)S(=O)(=O)c1cccs1. The van der Waals surface area contributed by atoms with E-state index in [0.717, 1.165) is 15.6 Å². The molecule has 0 N–H and O–H groups in total. The van der Waals surface area contributed by atoms with Crippen molar-refractivity contribution in [2.75, 3.05) is 25.1 Å². The predicted octanol–water partition coefficient (Wildman–Crippen LogP) is 2.21. The maximum absolute atomic E-state index is 13.0. The van der Waals surface area contributed by atoms with Gasteiger partial charge in [-0.3, -0.25) is 9.10 Å². The van der Waals surface area contributed by atoms with E-state index in [0.29, 0.717) is 5.56 Å². The molecule has 0 aliphatic carbocycles. The molecule has 2 aromatic rings. The maximum atomic E-state index is 13.0. The van der Waals surface area contributed by atoms with Crippen LogP contribution in [-0.4, -0.2) is 41.1 Å². The lowest BCUT2D eigenvalue weighted by atomic mass is 10.1. The minimum Gasteiger partial charge on any atom is -0.468 e. The van der Waals surface area contributed by atoms with Crippen molar-refractivity contribution in [1.82, 2.24) is 0 Å². The Bertz CT molecular complexity index is 874. The van der Waals surface area contributed by atoms with Crippen LogP contribution in [0.15, 0.2) is 39.9 Å². The van der Waals surface area contributed by atoms with Gasteiger partial charge < -0.3 is 9.47 Å². The largest absolute Gasteiger partial charge is 0.468 e. The summed E-state index contributed by atoms with van der Waals surface area (Å²) in [6.07, 6.45) is 0. The molecule has 25 heavy (non-hydrogen) atoms. The van der Waals surface area contributed by atoms with E-state index in [1.165, 1.54) is 32.4 Å². The molecule has 0 amide bonds. The normalized spacial score (nSPS) is 11.0. The number of hydrogen-bond acceptors (Lipinski definition) is 7. The third kappa shape index (κ3) is 3.99. The molecule has 1 aromatic heterocycles. The van der Waals surface area contributed by atoms with E-state index < -0.39 is 28.5 Å². The summed E-state index contributed by atoms with van der Waals surface area (Å²) in [6.45, 7) is 1.17. The second-order valence-electron chi connectivity index (χ2n) is 5.01. The summed E-state index contributed by atoms with van der Waals surface area (Å²) in [5.41, 5.74) is 0.970. The Morgan fingerprint density at radius 3 is 2.44 bits per heavy atom. The number of thiophene rings is 1. The summed E-state index contributed by atoms with van der Waals surface area (Å²) >= 11 is 1.04. The molecule has 9 heteroatoms. The first kappa shape index (κ1) is 18.9. The third-order valence-electron chi connectivity index (χ3n) is 3.44. The molecule has 0 fully saturated rings. The minimum atomic E-state index is -3.99. The second-order valence-corrected chi connectivity index (χ2v) is 8.05. The Kier molecular flexibility index (Phi) is 5.81. The van der Waals surface area contributed by atoms with Crippen molar-refractivity contribution in [3.8, 4) is 0 Å². The number of esters is 2. The molecule has 1 aromatic carbocycles. The number of methoxy groups -OCH3 is 2. The van der Waals surface area contributed by atoms with Crippen LogP contribution in [0.5, 0.6) is 0 Å². The van der Waals surface area contributed by atoms with Gasteiger partial charge in [-0.25, -0.2) is 13.2 Å². The molecule has 0 saturated heterocycles. The van der Waals surface area contributed by atoms with E-state index in [1.807, 2.05) is 0 Å². The van der Waals surface area contributed by atoms with Gasteiger partial charge in [-0.1, -0.05) is 12.1 Å². The highest BCUT2D eigenvalue weighted by molar-refractivity contribution is 7.94. The zero-order valence-corrected chi connectivity index (χ0v) is 15.5. The van der Waals surface area contributed by atoms with Crippen LogP contribution in [0.2, 0.25) is 0 Å². The zero-order chi connectivity index (χ0) is 18.6. The van der Waals surface area contributed by atoms with Crippen molar-refractivity contribution in [1.29, 1.82) is 0 Å². The van der Waals surface area contributed by atoms with Crippen LogP contribution in [0, 0.1) is 6.92 Å². The van der Waals surface area contributed by atoms with Crippen molar-refractivity contribution in [3.05, 3.63) is 46.8 Å². The van der Waals surface area contributed by atoms with Gasteiger partial charge in [0, 0.05) is 0 Å². The quantitative estimate of drug-likeness (QED) is 0.711. The monoisotopic (exact) mass is 383 g/mol. The van der Waals surface area contributed by atoms with Gasteiger partial charge in [0.15, 0.2) is 0 Å². The molecular formula is C16H17NO6S2. The van der Waals surface area contributed by atoms with Gasteiger partial charge in [0.2, 0.25) is 0 Å². The van der Waals surface area contributed by atoms with E-state index in [4.69, 9.17) is 0 Å². The topological polar surface area (TPSA) is 90.0 Å². The number of carbonyl (C=O) groups is 2. The minimum absolute atomic E-state index is 0.0827. The Morgan fingerprint density at radius 1 is 1.16 bits per heavy atom. The standard InChI is InChI=1S/C16H17NO6S2/c1-11-6-7-12(16(19)23-3)9-13(11)17(10-14(18)22-2)25(20,21)15-5-4-8-24-15/h4-9H,10H2,1-3H3. The predicted molar refractivity (Wildman–Crippen MR) is 93.4 cm³/mol. The Labute approximate surface area is 149 Å². The number of sulfonamides is 1. The number of carbonyl (C=O) groups excluding carboxylic acids is 2. The summed E-state index contributed by atoms with van der Waals surface area (Å²) in [7, 11) is -1.58. The van der Waals surface area contributed by atoms with Crippen molar-refractivity contribution in [3.63, 3.8) is 0 Å². The lowest BCUT2D eigenvalue weighted by Gasteiger charge is -2.24. The smallest absolute Gasteiger partial charge is 0.337 e. The van der Waals surface area contributed by atoms with Crippen molar-refractivity contribution < 1.29 is 27.5 Å². The maximum Gasteiger partial charge on any atom is 0.337 e. The first-order valence-electron chi connectivity index (χ1n) is 7.13. The van der Waals surface area contributed by atoms with E-state index in [-0.39, 0.29) is 15.5 Å². The molecule has 0 atom stereocenters. The fourth-order valence-electron chi connectivity index (χ4n) is 2.12. The number of anilines is 1. The van der Waals surface area contributed by atoms with Crippen LogP contribution in [-0.2, 0) is 24.3 Å². The van der Waals surface area contributed by atoms with E-state index in [2.05, 4.69) is 9.47 Å². The van der Waals surface area contributed by atoms with Gasteiger partial charge in [0.05, 0.1) is 25.5 Å². The molecule has 0 aliphatic rings. The Hall–Kier alpha value is -2.39. The Balaban J connectivity index is 2.60. The number of nitrogens with zero attached hydrogens (tertiary/aromatic N) is 1. The van der Waals surface area contributed by atoms with E-state index >= 15 is 0 Å². The van der Waals surface area contributed by atoms with Gasteiger partial charge in [0.25, 0.3) is 10.0 Å². The van der Waals surface area contributed by atoms with Crippen LogP contribution in [0.4, 0.5) is 5.69 Å². The summed E-state index contributed by atoms with van der Waals surface area (Å²) in [5, 5.41) is 1.63. The van der Waals surface area contributed by atoms with Gasteiger partial charge in [0.1, 0.15) is 10.8 Å². The summed E-state index contributed by atoms with van der Waals surface area (Å²) in [4.78, 5) is 23.6. The van der Waals surface area contributed by atoms with Crippen LogP contribution < -0.4 is 4.31 Å². The molecule has 0 spiro atoms. The van der Waals surface area contributed by atoms with Gasteiger partial charge >= 0.3 is 11.9 Å². The summed E-state index contributed by atoms with van der Waals surface area (Å²) < 4.78 is 36.2. The van der Waals surface area contributed by atoms with Crippen molar-refractivity contribution in [2.24, 2.45) is 0 Å². The van der Waals surface area contributed by atoms with Crippen molar-refractivity contribution >= 4 is 39.0 Å². The molecule has 7 nitrogen and oxygen atoms in total. The molecule has 1 heterocycles. The van der Waals surface area contributed by atoms with Crippen LogP contribution in [0.25, 0.3) is 0 Å². The van der Waals surface area contributed by atoms with Crippen LogP contribution >= 0.6 is 11.3 Å². The van der Waals surface area contributed by atoms with E-state index in [1.54, 1.807) is 24.4 Å². The first-order chi connectivity index (χ1) is 11.8. The number of rotatable bonds is 6. The summed E-state index contributed by atoms with van der Waals surface area (Å²) in [5.74, 6) is -1.32. The highest BCUT2D eigenvalue weighted by Crippen LogP contribution is 2.30. The highest BCUT2D eigenvalue weighted by atomic mass is 32.2. The van der Waals surface area contributed by atoms with Crippen molar-refractivity contribution in [2.45, 2.75) is 11.1 Å². The first-order valence-corrected chi connectivity index (χ1v) is 9.45. The lowest BCUT2D eigenvalue weighted by Crippen LogP contribution is -2.36. The van der Waals surface area contributed by atoms with Gasteiger partial charge in [-0.05, 0) is 36.1 Å². The second kappa shape index (κ2) is 7.66. The number of hydrogen-bond donors (Lipinski definition) is 0. The average molecular weight is 383 g/mol. The molecular weight excluding hydrogens is 366 g/mol. The molecule has 134 valence electrons.